The van der Waals surface area contributed by atoms with Crippen molar-refractivity contribution in [3.8, 4) is 5.75 Å². The summed E-state index contributed by atoms with van der Waals surface area (Å²) >= 11 is 0. The number of carbonyl (C=O) groups is 1. The predicted octanol–water partition coefficient (Wildman–Crippen LogP) is 1.84. The lowest BCUT2D eigenvalue weighted by Crippen LogP contribution is -2.57. The zero-order chi connectivity index (χ0) is 14.5. The van der Waals surface area contributed by atoms with Crippen molar-refractivity contribution in [2.24, 2.45) is 0 Å². The molecule has 1 aliphatic rings. The standard InChI is InChI=1S/C16H24N2O2/c1-4-20-15-7-5-14(6-8-15)11-16(19)18-10-9-17-12(2)13(18)3/h5-8,12-13,17H,4,9-11H2,1-3H3. The molecule has 1 saturated heterocycles. The van der Waals surface area contributed by atoms with Gasteiger partial charge in [0, 0.05) is 25.2 Å². The summed E-state index contributed by atoms with van der Waals surface area (Å²) in [5, 5.41) is 3.39. The molecule has 0 aromatic heterocycles. The van der Waals surface area contributed by atoms with Crippen LogP contribution in [0.2, 0.25) is 0 Å². The maximum Gasteiger partial charge on any atom is 0.227 e. The van der Waals surface area contributed by atoms with E-state index in [0.29, 0.717) is 19.1 Å². The minimum absolute atomic E-state index is 0.204. The number of rotatable bonds is 4. The molecule has 0 bridgehead atoms. The molecule has 1 N–H and O–H groups in total. The summed E-state index contributed by atoms with van der Waals surface area (Å²) in [4.78, 5) is 14.4. The maximum absolute atomic E-state index is 12.4. The highest BCUT2D eigenvalue weighted by Gasteiger charge is 2.27. The number of benzene rings is 1. The average molecular weight is 276 g/mol. The maximum atomic E-state index is 12.4. The Labute approximate surface area is 121 Å². The molecule has 1 aliphatic heterocycles. The predicted molar refractivity (Wildman–Crippen MR) is 80.0 cm³/mol. The Morgan fingerprint density at radius 2 is 2.05 bits per heavy atom. The second-order valence-corrected chi connectivity index (χ2v) is 5.32. The van der Waals surface area contributed by atoms with Crippen LogP contribution in [0, 0.1) is 0 Å². The highest BCUT2D eigenvalue weighted by Crippen LogP contribution is 2.15. The quantitative estimate of drug-likeness (QED) is 0.912. The van der Waals surface area contributed by atoms with E-state index in [2.05, 4.69) is 19.2 Å². The normalized spacial score (nSPS) is 22.6. The lowest BCUT2D eigenvalue weighted by molar-refractivity contribution is -0.134. The van der Waals surface area contributed by atoms with Gasteiger partial charge in [-0.05, 0) is 38.5 Å². The van der Waals surface area contributed by atoms with E-state index in [9.17, 15) is 4.79 Å². The third-order valence-corrected chi connectivity index (χ3v) is 3.94. The topological polar surface area (TPSA) is 41.6 Å². The van der Waals surface area contributed by atoms with Gasteiger partial charge in [0.2, 0.25) is 5.91 Å². The first-order valence-corrected chi connectivity index (χ1v) is 7.36. The molecule has 2 rings (SSSR count). The monoisotopic (exact) mass is 276 g/mol. The van der Waals surface area contributed by atoms with Gasteiger partial charge in [-0.25, -0.2) is 0 Å². The number of piperazine rings is 1. The lowest BCUT2D eigenvalue weighted by atomic mass is 10.0. The molecule has 2 unspecified atom stereocenters. The number of hydrogen-bond acceptors (Lipinski definition) is 3. The molecule has 0 aliphatic carbocycles. The Morgan fingerprint density at radius 1 is 1.35 bits per heavy atom. The van der Waals surface area contributed by atoms with Crippen molar-refractivity contribution in [1.29, 1.82) is 0 Å². The number of nitrogens with zero attached hydrogens (tertiary/aromatic N) is 1. The summed E-state index contributed by atoms with van der Waals surface area (Å²) in [6.07, 6.45) is 0.462. The second kappa shape index (κ2) is 6.75. The molecule has 20 heavy (non-hydrogen) atoms. The van der Waals surface area contributed by atoms with Gasteiger partial charge < -0.3 is 15.0 Å². The van der Waals surface area contributed by atoms with E-state index in [4.69, 9.17) is 4.74 Å². The van der Waals surface area contributed by atoms with Crippen LogP contribution in [-0.2, 0) is 11.2 Å². The Hall–Kier alpha value is -1.55. The van der Waals surface area contributed by atoms with Gasteiger partial charge in [-0.15, -0.1) is 0 Å². The van der Waals surface area contributed by atoms with Crippen molar-refractivity contribution < 1.29 is 9.53 Å². The first-order valence-electron chi connectivity index (χ1n) is 7.36. The molecule has 0 saturated carbocycles. The molecule has 1 aromatic carbocycles. The Morgan fingerprint density at radius 3 is 2.70 bits per heavy atom. The fraction of sp³-hybridized carbons (Fsp3) is 0.562. The van der Waals surface area contributed by atoms with Crippen molar-refractivity contribution in [2.75, 3.05) is 19.7 Å². The minimum Gasteiger partial charge on any atom is -0.494 e. The fourth-order valence-corrected chi connectivity index (χ4v) is 2.55. The molecule has 1 aromatic rings. The van der Waals surface area contributed by atoms with Crippen molar-refractivity contribution in [3.63, 3.8) is 0 Å². The van der Waals surface area contributed by atoms with Gasteiger partial charge in [-0.2, -0.15) is 0 Å². The van der Waals surface area contributed by atoms with E-state index in [0.717, 1.165) is 24.4 Å². The van der Waals surface area contributed by atoms with Gasteiger partial charge in [-0.1, -0.05) is 12.1 Å². The van der Waals surface area contributed by atoms with E-state index in [1.807, 2.05) is 36.1 Å². The molecular weight excluding hydrogens is 252 g/mol. The number of amides is 1. The van der Waals surface area contributed by atoms with Crippen LogP contribution in [0.25, 0.3) is 0 Å². The summed E-state index contributed by atoms with van der Waals surface area (Å²) in [7, 11) is 0. The van der Waals surface area contributed by atoms with E-state index < -0.39 is 0 Å². The first kappa shape index (κ1) is 14.9. The largest absolute Gasteiger partial charge is 0.494 e. The summed E-state index contributed by atoms with van der Waals surface area (Å²) in [5.41, 5.74) is 1.04. The number of ether oxygens (including phenoxy) is 1. The molecule has 1 heterocycles. The number of carbonyl (C=O) groups excluding carboxylic acids is 1. The Balaban J connectivity index is 1.96. The van der Waals surface area contributed by atoms with Crippen molar-refractivity contribution in [3.05, 3.63) is 29.8 Å². The third-order valence-electron chi connectivity index (χ3n) is 3.94. The second-order valence-electron chi connectivity index (χ2n) is 5.32. The Kier molecular flexibility index (Phi) is 5.01. The van der Waals surface area contributed by atoms with Crippen molar-refractivity contribution in [1.82, 2.24) is 10.2 Å². The minimum atomic E-state index is 0.204. The van der Waals surface area contributed by atoms with Crippen LogP contribution in [0.1, 0.15) is 26.3 Å². The van der Waals surface area contributed by atoms with Gasteiger partial charge in [-0.3, -0.25) is 4.79 Å². The van der Waals surface area contributed by atoms with E-state index in [-0.39, 0.29) is 11.9 Å². The molecule has 0 radical (unpaired) electrons. The molecule has 1 amide bonds. The van der Waals surface area contributed by atoms with Crippen molar-refractivity contribution in [2.45, 2.75) is 39.3 Å². The smallest absolute Gasteiger partial charge is 0.227 e. The molecule has 0 spiro atoms. The lowest BCUT2D eigenvalue weighted by Gasteiger charge is -2.38. The van der Waals surface area contributed by atoms with Crippen LogP contribution in [0.5, 0.6) is 5.75 Å². The third kappa shape index (κ3) is 3.51. The zero-order valence-electron chi connectivity index (χ0n) is 12.6. The molecular formula is C16H24N2O2. The highest BCUT2D eigenvalue weighted by atomic mass is 16.5. The van der Waals surface area contributed by atoms with Crippen LogP contribution in [0.15, 0.2) is 24.3 Å². The highest BCUT2D eigenvalue weighted by molar-refractivity contribution is 5.79. The Bertz CT molecular complexity index is 444. The van der Waals surface area contributed by atoms with Gasteiger partial charge in [0.1, 0.15) is 5.75 Å². The van der Waals surface area contributed by atoms with E-state index >= 15 is 0 Å². The summed E-state index contributed by atoms with van der Waals surface area (Å²) in [6, 6.07) is 8.40. The zero-order valence-corrected chi connectivity index (χ0v) is 12.6. The van der Waals surface area contributed by atoms with Crippen LogP contribution < -0.4 is 10.1 Å². The summed E-state index contributed by atoms with van der Waals surface area (Å²) < 4.78 is 5.41. The van der Waals surface area contributed by atoms with Crippen LogP contribution in [0.3, 0.4) is 0 Å². The van der Waals surface area contributed by atoms with E-state index in [1.54, 1.807) is 0 Å². The van der Waals surface area contributed by atoms with E-state index in [1.165, 1.54) is 0 Å². The molecule has 1 fully saturated rings. The summed E-state index contributed by atoms with van der Waals surface area (Å²) in [5.74, 6) is 1.06. The SMILES string of the molecule is CCOc1ccc(CC(=O)N2CCNC(C)C2C)cc1. The van der Waals surface area contributed by atoms with Gasteiger partial charge in [0.05, 0.1) is 13.0 Å². The fourth-order valence-electron chi connectivity index (χ4n) is 2.55. The van der Waals surface area contributed by atoms with Crippen LogP contribution >= 0.6 is 0 Å². The number of hydrogen-bond donors (Lipinski definition) is 1. The first-order chi connectivity index (χ1) is 9.61. The average Bonchev–Trinajstić information content (AvgIpc) is 2.44. The molecule has 4 nitrogen and oxygen atoms in total. The molecule has 2 atom stereocenters. The molecule has 110 valence electrons. The number of nitrogens with one attached hydrogen (secondary N) is 1. The van der Waals surface area contributed by atoms with Gasteiger partial charge >= 0.3 is 0 Å². The van der Waals surface area contributed by atoms with Gasteiger partial charge in [0.15, 0.2) is 0 Å². The summed E-state index contributed by atoms with van der Waals surface area (Å²) in [6.45, 7) is 8.52. The van der Waals surface area contributed by atoms with Gasteiger partial charge in [0.25, 0.3) is 0 Å². The van der Waals surface area contributed by atoms with Crippen LogP contribution in [-0.4, -0.2) is 42.6 Å². The van der Waals surface area contributed by atoms with Crippen LogP contribution in [0.4, 0.5) is 0 Å². The van der Waals surface area contributed by atoms with Crippen molar-refractivity contribution >= 4 is 5.91 Å². The molecule has 4 heteroatoms.